The Morgan fingerprint density at radius 1 is 1.45 bits per heavy atom. The minimum atomic E-state index is 1.13. The molecule has 0 aliphatic heterocycles. The summed E-state index contributed by atoms with van der Waals surface area (Å²) in [4.78, 5) is 0. The zero-order chi connectivity index (χ0) is 8.10. The summed E-state index contributed by atoms with van der Waals surface area (Å²) in [6.07, 6.45) is 3.76. The summed E-state index contributed by atoms with van der Waals surface area (Å²) in [6, 6.07) is 8.16. The monoisotopic (exact) mass is 146 g/mol. The van der Waals surface area contributed by atoms with Gasteiger partial charge < -0.3 is 5.32 Å². The zero-order valence-corrected chi connectivity index (χ0v) is 6.67. The van der Waals surface area contributed by atoms with Crippen molar-refractivity contribution in [2.24, 2.45) is 0 Å². The summed E-state index contributed by atoms with van der Waals surface area (Å²) in [5.74, 6) is 0. The number of anilines is 1. The first-order chi connectivity index (χ1) is 5.36. The summed E-state index contributed by atoms with van der Waals surface area (Å²) >= 11 is 0. The molecule has 1 nitrogen and oxygen atoms in total. The van der Waals surface area contributed by atoms with Gasteiger partial charge in [0.05, 0.1) is 0 Å². The number of allylic oxidation sites excluding steroid dienone is 1. The largest absolute Gasteiger partial charge is 0.388 e. The molecule has 1 aromatic carbocycles. The molecule has 0 saturated heterocycles. The quantitative estimate of drug-likeness (QED) is 0.676. The van der Waals surface area contributed by atoms with Crippen LogP contribution >= 0.6 is 0 Å². The first-order valence-corrected chi connectivity index (χ1v) is 3.60. The van der Waals surface area contributed by atoms with Crippen LogP contribution in [-0.4, -0.2) is 7.05 Å². The highest BCUT2D eigenvalue weighted by molar-refractivity contribution is 5.57. The van der Waals surface area contributed by atoms with E-state index in [2.05, 4.69) is 18.3 Å². The van der Waals surface area contributed by atoms with Gasteiger partial charge in [0.2, 0.25) is 0 Å². The lowest BCUT2D eigenvalue weighted by molar-refractivity contribution is 1.50. The number of nitrogens with one attached hydrogen (secondary N) is 1. The molecule has 1 heteroatoms. The third-order valence-electron chi connectivity index (χ3n) is 1.49. The van der Waals surface area contributed by atoms with Crippen molar-refractivity contribution >= 4 is 11.8 Å². The molecule has 0 bridgehead atoms. The fourth-order valence-electron chi connectivity index (χ4n) is 0.934. The third kappa shape index (κ3) is 2.11. The summed E-state index contributed by atoms with van der Waals surface area (Å²) in [7, 11) is 1.91. The Labute approximate surface area is 67.8 Å². The summed E-state index contributed by atoms with van der Waals surface area (Å²) in [5, 5.41) is 3.07. The van der Waals surface area contributed by atoms with E-state index < -0.39 is 0 Å². The average molecular weight is 146 g/mol. The van der Waals surface area contributed by atoms with E-state index in [1.165, 1.54) is 5.56 Å². The molecule has 0 aliphatic rings. The predicted octanol–water partition coefficient (Wildman–Crippen LogP) is 2.58. The number of rotatable bonds is 2. The molecule has 1 rings (SSSR count). The van der Waals surface area contributed by atoms with Crippen LogP contribution in [0.2, 0.25) is 0 Å². The van der Waals surface area contributed by atoms with Crippen molar-refractivity contribution in [3.05, 3.63) is 42.8 Å². The zero-order valence-electron chi connectivity index (χ0n) is 6.67. The lowest BCUT2D eigenvalue weighted by atomic mass is 10.2. The van der Waals surface area contributed by atoms with Gasteiger partial charge in [0.15, 0.2) is 0 Å². The Morgan fingerprint density at radius 3 is 2.91 bits per heavy atom. The van der Waals surface area contributed by atoms with Crippen molar-refractivity contribution < 1.29 is 0 Å². The van der Waals surface area contributed by atoms with E-state index in [0.717, 1.165) is 5.69 Å². The molecule has 0 heterocycles. The number of hydrogen-bond acceptors (Lipinski definition) is 1. The molecule has 11 heavy (non-hydrogen) atoms. The average Bonchev–Trinajstić information content (AvgIpc) is 2.06. The summed E-state index contributed by atoms with van der Waals surface area (Å²) in [6.45, 7) is 3.64. The van der Waals surface area contributed by atoms with E-state index in [-0.39, 0.29) is 0 Å². The van der Waals surface area contributed by atoms with Crippen molar-refractivity contribution in [2.45, 2.75) is 0 Å². The second kappa shape index (κ2) is 3.81. The van der Waals surface area contributed by atoms with Crippen molar-refractivity contribution in [3.63, 3.8) is 0 Å². The Kier molecular flexibility index (Phi) is 2.73. The highest BCUT2D eigenvalue weighted by atomic mass is 14.8. The summed E-state index contributed by atoms with van der Waals surface area (Å²) < 4.78 is 0. The van der Waals surface area contributed by atoms with Crippen LogP contribution in [0.4, 0.5) is 5.69 Å². The van der Waals surface area contributed by atoms with Crippen LogP contribution in [0.15, 0.2) is 30.3 Å². The first kappa shape index (κ1) is 7.86. The molecule has 1 radical (unpaired) electrons. The van der Waals surface area contributed by atoms with Crippen LogP contribution in [0.5, 0.6) is 0 Å². The second-order valence-electron chi connectivity index (χ2n) is 2.28. The van der Waals surface area contributed by atoms with E-state index >= 15 is 0 Å². The maximum absolute atomic E-state index is 3.64. The molecule has 0 saturated carbocycles. The van der Waals surface area contributed by atoms with E-state index in [9.17, 15) is 0 Å². The number of hydrogen-bond donors (Lipinski definition) is 1. The Morgan fingerprint density at radius 2 is 2.27 bits per heavy atom. The molecular weight excluding hydrogens is 134 g/mol. The van der Waals surface area contributed by atoms with Crippen molar-refractivity contribution in [2.75, 3.05) is 12.4 Å². The highest BCUT2D eigenvalue weighted by Gasteiger charge is 1.87. The minimum absolute atomic E-state index is 1.13. The molecule has 0 amide bonds. The third-order valence-corrected chi connectivity index (χ3v) is 1.49. The standard InChI is InChI=1S/C10H12N/c1-3-5-9-6-4-7-10(8-9)11-2/h3-8,11H,1H2,2H3. The predicted molar refractivity (Wildman–Crippen MR) is 50.4 cm³/mol. The SMILES string of the molecule is [CH2]C=Cc1cccc(NC)c1. The van der Waals surface area contributed by atoms with Crippen molar-refractivity contribution in [1.82, 2.24) is 0 Å². The molecule has 1 N–H and O–H groups in total. The Balaban J connectivity index is 2.91. The molecule has 0 fully saturated rings. The fraction of sp³-hybridized carbons (Fsp3) is 0.100. The normalized spacial score (nSPS) is 10.4. The van der Waals surface area contributed by atoms with Crippen LogP contribution in [0.25, 0.3) is 6.08 Å². The molecule has 0 spiro atoms. The lowest BCUT2D eigenvalue weighted by Crippen LogP contribution is -1.86. The van der Waals surface area contributed by atoms with Gasteiger partial charge in [-0.15, -0.1) is 0 Å². The van der Waals surface area contributed by atoms with E-state index in [4.69, 9.17) is 0 Å². The smallest absolute Gasteiger partial charge is 0.0343 e. The molecule has 0 unspecified atom stereocenters. The van der Waals surface area contributed by atoms with Gasteiger partial charge in [-0.1, -0.05) is 24.3 Å². The van der Waals surface area contributed by atoms with Crippen LogP contribution < -0.4 is 5.32 Å². The van der Waals surface area contributed by atoms with E-state index in [1.807, 2.05) is 31.3 Å². The van der Waals surface area contributed by atoms with Crippen LogP contribution in [0.1, 0.15) is 5.56 Å². The van der Waals surface area contributed by atoms with Crippen LogP contribution in [0.3, 0.4) is 0 Å². The van der Waals surface area contributed by atoms with E-state index in [0.29, 0.717) is 0 Å². The molecule has 1 aromatic rings. The second-order valence-corrected chi connectivity index (χ2v) is 2.28. The minimum Gasteiger partial charge on any atom is -0.388 e. The van der Waals surface area contributed by atoms with Gasteiger partial charge in [0.25, 0.3) is 0 Å². The van der Waals surface area contributed by atoms with E-state index in [1.54, 1.807) is 6.08 Å². The lowest BCUT2D eigenvalue weighted by Gasteiger charge is -1.99. The first-order valence-electron chi connectivity index (χ1n) is 3.60. The Hall–Kier alpha value is -1.24. The van der Waals surface area contributed by atoms with Gasteiger partial charge in [-0.25, -0.2) is 0 Å². The molecule has 57 valence electrons. The molecule has 0 aromatic heterocycles. The highest BCUT2D eigenvalue weighted by Crippen LogP contribution is 2.10. The van der Waals surface area contributed by atoms with Crippen LogP contribution in [-0.2, 0) is 0 Å². The van der Waals surface area contributed by atoms with Gasteiger partial charge in [0, 0.05) is 12.7 Å². The summed E-state index contributed by atoms with van der Waals surface area (Å²) in [5.41, 5.74) is 2.30. The van der Waals surface area contributed by atoms with Gasteiger partial charge in [0.1, 0.15) is 0 Å². The van der Waals surface area contributed by atoms with Gasteiger partial charge in [-0.3, -0.25) is 0 Å². The van der Waals surface area contributed by atoms with Gasteiger partial charge in [-0.05, 0) is 24.6 Å². The van der Waals surface area contributed by atoms with Crippen LogP contribution in [0, 0.1) is 6.92 Å². The topological polar surface area (TPSA) is 12.0 Å². The van der Waals surface area contributed by atoms with Crippen molar-refractivity contribution in [1.29, 1.82) is 0 Å². The Bertz CT molecular complexity index is 251. The maximum Gasteiger partial charge on any atom is 0.0343 e. The molecule has 0 aliphatic carbocycles. The maximum atomic E-state index is 3.64. The molecule has 0 atom stereocenters. The van der Waals surface area contributed by atoms with Crippen molar-refractivity contribution in [3.8, 4) is 0 Å². The van der Waals surface area contributed by atoms with Gasteiger partial charge in [-0.2, -0.15) is 0 Å². The van der Waals surface area contributed by atoms with Gasteiger partial charge >= 0.3 is 0 Å². The molecular formula is C10H12N. The fourth-order valence-corrected chi connectivity index (χ4v) is 0.934. The number of benzene rings is 1.